The van der Waals surface area contributed by atoms with Gasteiger partial charge in [-0.3, -0.25) is 0 Å². The fraction of sp³-hybridized carbons (Fsp3) is 0.857. The number of hydrogen-bond acceptors (Lipinski definition) is 5. The minimum absolute atomic E-state index is 0.239. The maximum atomic E-state index is 6.03. The summed E-state index contributed by atoms with van der Waals surface area (Å²) in [7, 11) is 0. The Morgan fingerprint density at radius 1 is 1.32 bits per heavy atom. The zero-order valence-electron chi connectivity index (χ0n) is 11.7. The molecule has 19 heavy (non-hydrogen) atoms. The van der Waals surface area contributed by atoms with E-state index in [-0.39, 0.29) is 11.6 Å². The molecule has 1 aliphatic carbocycles. The molecule has 1 atom stereocenters. The summed E-state index contributed by atoms with van der Waals surface area (Å²) in [5.74, 6) is 1.50. The van der Waals surface area contributed by atoms with Crippen LogP contribution in [0.1, 0.15) is 69.6 Å². The molecule has 0 bridgehead atoms. The van der Waals surface area contributed by atoms with Crippen LogP contribution in [0.5, 0.6) is 0 Å². The maximum Gasteiger partial charge on any atom is 0.243 e. The molecule has 1 aromatic heterocycles. The predicted octanol–water partition coefficient (Wildman–Crippen LogP) is 2.69. The second kappa shape index (κ2) is 5.59. The summed E-state index contributed by atoms with van der Waals surface area (Å²) in [5, 5.41) is 7.62. The van der Waals surface area contributed by atoms with Gasteiger partial charge in [-0.2, -0.15) is 4.98 Å². The lowest BCUT2D eigenvalue weighted by atomic mass is 9.84. The van der Waals surface area contributed by atoms with Gasteiger partial charge in [-0.15, -0.1) is 0 Å². The Bertz CT molecular complexity index is 401. The van der Waals surface area contributed by atoms with Gasteiger partial charge in [0.05, 0.1) is 6.04 Å². The van der Waals surface area contributed by atoms with Crippen molar-refractivity contribution in [1.82, 2.24) is 15.5 Å². The van der Waals surface area contributed by atoms with Crippen LogP contribution in [0.3, 0.4) is 0 Å². The molecule has 5 nitrogen and oxygen atoms in total. The van der Waals surface area contributed by atoms with Crippen molar-refractivity contribution in [2.24, 2.45) is 0 Å². The van der Waals surface area contributed by atoms with E-state index in [4.69, 9.17) is 9.26 Å². The number of hydrogen-bond donors (Lipinski definition) is 1. The van der Waals surface area contributed by atoms with E-state index in [0.29, 0.717) is 6.61 Å². The molecule has 1 N–H and O–H groups in total. The van der Waals surface area contributed by atoms with Crippen LogP contribution in [0.25, 0.3) is 0 Å². The van der Waals surface area contributed by atoms with Crippen LogP contribution >= 0.6 is 0 Å². The first-order valence-electron chi connectivity index (χ1n) is 7.55. The molecule has 0 spiro atoms. The highest BCUT2D eigenvalue weighted by atomic mass is 16.5. The van der Waals surface area contributed by atoms with Gasteiger partial charge in [0.1, 0.15) is 5.60 Å². The van der Waals surface area contributed by atoms with E-state index in [1.165, 1.54) is 25.7 Å². The molecule has 2 fully saturated rings. The van der Waals surface area contributed by atoms with Gasteiger partial charge in [0.25, 0.3) is 0 Å². The summed E-state index contributed by atoms with van der Waals surface area (Å²) >= 11 is 0. The maximum absolute atomic E-state index is 6.03. The third kappa shape index (κ3) is 2.54. The van der Waals surface area contributed by atoms with Crippen LogP contribution in [0.4, 0.5) is 0 Å². The Labute approximate surface area is 114 Å². The van der Waals surface area contributed by atoms with Gasteiger partial charge in [-0.25, -0.2) is 0 Å². The van der Waals surface area contributed by atoms with Crippen LogP contribution in [0.2, 0.25) is 0 Å². The molecule has 2 heterocycles. The quantitative estimate of drug-likeness (QED) is 0.907. The summed E-state index contributed by atoms with van der Waals surface area (Å²) in [6, 6.07) is 0.239. The van der Waals surface area contributed by atoms with Crippen LogP contribution in [0, 0.1) is 0 Å². The van der Waals surface area contributed by atoms with Gasteiger partial charge < -0.3 is 14.6 Å². The summed E-state index contributed by atoms with van der Waals surface area (Å²) < 4.78 is 11.5. The second-order valence-corrected chi connectivity index (χ2v) is 5.59. The van der Waals surface area contributed by atoms with Gasteiger partial charge in [-0.1, -0.05) is 24.4 Å². The molecule has 3 rings (SSSR count). The molecule has 106 valence electrons. The van der Waals surface area contributed by atoms with E-state index in [1.807, 2.05) is 6.92 Å². The topological polar surface area (TPSA) is 60.2 Å². The van der Waals surface area contributed by atoms with Crippen molar-refractivity contribution in [2.75, 3.05) is 13.2 Å². The zero-order valence-corrected chi connectivity index (χ0v) is 11.7. The summed E-state index contributed by atoms with van der Waals surface area (Å²) in [6.07, 6.45) is 7.94. The lowest BCUT2D eigenvalue weighted by Crippen LogP contribution is -2.33. The minimum atomic E-state index is -0.298. The third-order valence-electron chi connectivity index (χ3n) is 4.29. The van der Waals surface area contributed by atoms with Crippen molar-refractivity contribution in [3.8, 4) is 0 Å². The van der Waals surface area contributed by atoms with E-state index in [2.05, 4.69) is 15.5 Å². The van der Waals surface area contributed by atoms with E-state index in [0.717, 1.165) is 37.5 Å². The molecular formula is C14H23N3O2. The van der Waals surface area contributed by atoms with Gasteiger partial charge in [0.2, 0.25) is 11.7 Å². The van der Waals surface area contributed by atoms with Gasteiger partial charge in [0, 0.05) is 6.61 Å². The van der Waals surface area contributed by atoms with Crippen LogP contribution in [-0.2, 0) is 10.3 Å². The van der Waals surface area contributed by atoms with Gasteiger partial charge >= 0.3 is 0 Å². The first kappa shape index (κ1) is 13.1. The average molecular weight is 265 g/mol. The molecule has 0 unspecified atom stereocenters. The average Bonchev–Trinajstić information content (AvgIpc) is 3.11. The first-order chi connectivity index (χ1) is 9.34. The Morgan fingerprint density at radius 2 is 2.16 bits per heavy atom. The van der Waals surface area contributed by atoms with E-state index in [9.17, 15) is 0 Å². The number of aromatic nitrogens is 2. The van der Waals surface area contributed by atoms with Crippen LogP contribution in [0.15, 0.2) is 4.52 Å². The van der Waals surface area contributed by atoms with Crippen molar-refractivity contribution < 1.29 is 9.26 Å². The lowest BCUT2D eigenvalue weighted by Gasteiger charge is -2.33. The number of nitrogens with zero attached hydrogens (tertiary/aromatic N) is 2. The third-order valence-corrected chi connectivity index (χ3v) is 4.29. The summed E-state index contributed by atoms with van der Waals surface area (Å²) in [5.41, 5.74) is -0.298. The Balaban J connectivity index is 1.81. The Hall–Kier alpha value is -0.940. The zero-order chi connectivity index (χ0) is 13.1. The summed E-state index contributed by atoms with van der Waals surface area (Å²) in [6.45, 7) is 3.78. The van der Waals surface area contributed by atoms with Crippen molar-refractivity contribution in [3.63, 3.8) is 0 Å². The lowest BCUT2D eigenvalue weighted by molar-refractivity contribution is -0.0777. The minimum Gasteiger partial charge on any atom is -0.367 e. The Morgan fingerprint density at radius 3 is 2.84 bits per heavy atom. The molecule has 0 aromatic carbocycles. The fourth-order valence-electron chi connectivity index (χ4n) is 3.29. The number of nitrogens with one attached hydrogen (secondary N) is 1. The molecular weight excluding hydrogens is 242 g/mol. The predicted molar refractivity (Wildman–Crippen MR) is 70.7 cm³/mol. The smallest absolute Gasteiger partial charge is 0.243 e. The molecule has 1 aliphatic heterocycles. The van der Waals surface area contributed by atoms with Crippen molar-refractivity contribution >= 4 is 0 Å². The highest BCUT2D eigenvalue weighted by Gasteiger charge is 2.39. The molecule has 1 aromatic rings. The molecule has 0 radical (unpaired) electrons. The van der Waals surface area contributed by atoms with Gasteiger partial charge in [-0.05, 0) is 39.2 Å². The van der Waals surface area contributed by atoms with E-state index >= 15 is 0 Å². The van der Waals surface area contributed by atoms with Crippen molar-refractivity contribution in [1.29, 1.82) is 0 Å². The molecule has 5 heteroatoms. The number of ether oxygens (including phenoxy) is 1. The van der Waals surface area contributed by atoms with Crippen molar-refractivity contribution in [3.05, 3.63) is 11.7 Å². The molecule has 1 saturated carbocycles. The van der Waals surface area contributed by atoms with Crippen LogP contribution in [-0.4, -0.2) is 23.3 Å². The standard InChI is InChI=1S/C14H23N3O2/c1-2-18-14(8-4-3-5-9-14)13-16-12(19-17-13)11-7-6-10-15-11/h11,15H,2-10H2,1H3/t11-/m0/s1. The largest absolute Gasteiger partial charge is 0.367 e. The van der Waals surface area contributed by atoms with E-state index in [1.54, 1.807) is 0 Å². The SMILES string of the molecule is CCOC1(c2noc([C@@H]3CCCN3)n2)CCCCC1. The highest BCUT2D eigenvalue weighted by Crippen LogP contribution is 2.39. The molecule has 0 amide bonds. The number of rotatable bonds is 4. The van der Waals surface area contributed by atoms with Crippen molar-refractivity contribution in [2.45, 2.75) is 63.5 Å². The Kier molecular flexibility index (Phi) is 3.84. The molecule has 2 aliphatic rings. The summed E-state index contributed by atoms with van der Waals surface area (Å²) in [4.78, 5) is 4.64. The monoisotopic (exact) mass is 265 g/mol. The fourth-order valence-corrected chi connectivity index (χ4v) is 3.29. The van der Waals surface area contributed by atoms with Gasteiger partial charge in [0.15, 0.2) is 0 Å². The van der Waals surface area contributed by atoms with Crippen LogP contribution < -0.4 is 5.32 Å². The second-order valence-electron chi connectivity index (χ2n) is 5.59. The van der Waals surface area contributed by atoms with E-state index < -0.39 is 0 Å². The molecule has 1 saturated heterocycles. The normalized spacial score (nSPS) is 26.7. The highest BCUT2D eigenvalue weighted by molar-refractivity contribution is 5.05. The first-order valence-corrected chi connectivity index (χ1v) is 7.55.